The van der Waals surface area contributed by atoms with Gasteiger partial charge in [-0.15, -0.1) is 21.5 Å². The molecule has 48 heavy (non-hydrogen) atoms. The molecule has 0 atom stereocenters. The molecule has 3 aromatic heterocycles. The molecule has 0 amide bonds. The quantitative estimate of drug-likeness (QED) is 0.0921. The average molecular weight is 690 g/mol. The second-order valence-corrected chi connectivity index (χ2v) is 13.1. The van der Waals surface area contributed by atoms with E-state index in [0.717, 1.165) is 15.8 Å². The number of thiazole rings is 2. The van der Waals surface area contributed by atoms with Crippen molar-refractivity contribution >= 4 is 60.8 Å². The molecule has 0 aliphatic rings. The molecule has 0 aliphatic heterocycles. The van der Waals surface area contributed by atoms with E-state index in [2.05, 4.69) is 37.3 Å². The predicted octanol–water partition coefficient (Wildman–Crippen LogP) is 6.53. The van der Waals surface area contributed by atoms with Gasteiger partial charge in [0.25, 0.3) is 0 Å². The van der Waals surface area contributed by atoms with Crippen molar-refractivity contribution in [3.05, 3.63) is 76.0 Å². The van der Waals surface area contributed by atoms with E-state index in [9.17, 15) is 14.3 Å². The van der Waals surface area contributed by atoms with Gasteiger partial charge < -0.3 is 24.8 Å². The van der Waals surface area contributed by atoms with Crippen LogP contribution >= 0.6 is 22.7 Å². The van der Waals surface area contributed by atoms with Crippen LogP contribution in [0.3, 0.4) is 0 Å². The fourth-order valence-electron chi connectivity index (χ4n) is 4.63. The molecule has 0 fully saturated rings. The molecule has 0 radical (unpaired) electrons. The van der Waals surface area contributed by atoms with Crippen molar-refractivity contribution in [1.82, 2.24) is 25.1 Å². The zero-order valence-electron chi connectivity index (χ0n) is 27.1. The number of carboxylic acids is 1. The first-order valence-corrected chi connectivity index (χ1v) is 16.9. The average Bonchev–Trinajstić information content (AvgIpc) is 3.67. The molecule has 2 aromatic carbocycles. The molecule has 14 heteroatoms. The van der Waals surface area contributed by atoms with Crippen molar-refractivity contribution in [3.63, 3.8) is 0 Å². The molecule has 0 aliphatic carbocycles. The zero-order valence-corrected chi connectivity index (χ0v) is 28.8. The summed E-state index contributed by atoms with van der Waals surface area (Å²) in [6.45, 7) is 3.68. The molecule has 0 spiro atoms. The number of aromatic carboxylic acids is 1. The first-order chi connectivity index (χ1) is 23.2. The third-order valence-electron chi connectivity index (χ3n) is 6.98. The van der Waals surface area contributed by atoms with Crippen molar-refractivity contribution in [3.8, 4) is 17.6 Å². The Balaban J connectivity index is 1.28. The highest BCUT2D eigenvalue weighted by Crippen LogP contribution is 2.34. The minimum absolute atomic E-state index is 0.0302. The van der Waals surface area contributed by atoms with Crippen LogP contribution in [0.2, 0.25) is 0 Å². The van der Waals surface area contributed by atoms with Gasteiger partial charge >= 0.3 is 5.97 Å². The Morgan fingerprint density at radius 3 is 2.62 bits per heavy atom. The van der Waals surface area contributed by atoms with Crippen molar-refractivity contribution < 1.29 is 23.8 Å². The molecule has 0 unspecified atom stereocenters. The van der Waals surface area contributed by atoms with Crippen LogP contribution < -0.4 is 15.0 Å². The van der Waals surface area contributed by atoms with Crippen LogP contribution in [-0.4, -0.2) is 83.6 Å². The molecule has 0 saturated carbocycles. The van der Waals surface area contributed by atoms with Crippen molar-refractivity contribution in [1.29, 1.82) is 0 Å². The van der Waals surface area contributed by atoms with Crippen molar-refractivity contribution in [2.75, 3.05) is 57.7 Å². The molecule has 11 nitrogen and oxygen atoms in total. The van der Waals surface area contributed by atoms with Gasteiger partial charge in [-0.1, -0.05) is 35.3 Å². The highest BCUT2D eigenvalue weighted by atomic mass is 32.1. The number of carboxylic acid groups (broad SMARTS) is 1. The number of rotatable bonds is 15. The van der Waals surface area contributed by atoms with Crippen molar-refractivity contribution in [2.45, 2.75) is 26.2 Å². The van der Waals surface area contributed by atoms with E-state index in [1.165, 1.54) is 28.7 Å². The van der Waals surface area contributed by atoms with Gasteiger partial charge in [0, 0.05) is 30.7 Å². The zero-order chi connectivity index (χ0) is 34.0. The number of aryl methyl sites for hydroxylation is 2. The van der Waals surface area contributed by atoms with Crippen LogP contribution in [0.25, 0.3) is 10.2 Å². The number of nitrogens with one attached hydrogen (secondary N) is 1. The summed E-state index contributed by atoms with van der Waals surface area (Å²) in [4.78, 5) is 25.7. The summed E-state index contributed by atoms with van der Waals surface area (Å²) < 4.78 is 26.6. The van der Waals surface area contributed by atoms with E-state index in [-0.39, 0.29) is 18.1 Å². The van der Waals surface area contributed by atoms with E-state index in [4.69, 9.17) is 9.47 Å². The number of aromatic nitrogens is 4. The number of nitrogens with zero attached hydrogens (tertiary/aromatic N) is 6. The summed E-state index contributed by atoms with van der Waals surface area (Å²) in [6, 6.07) is 14.4. The third-order valence-corrected chi connectivity index (χ3v) is 9.07. The number of para-hydroxylation sites is 1. The monoisotopic (exact) mass is 689 g/mol. The number of fused-ring (bicyclic) bond motifs is 1. The largest absolute Gasteiger partial charge is 0.491 e. The van der Waals surface area contributed by atoms with E-state index >= 15 is 0 Å². The van der Waals surface area contributed by atoms with E-state index in [1.54, 1.807) is 19.2 Å². The number of hydrogen-bond acceptors (Lipinski definition) is 12. The fraction of sp³-hybridized carbons (Fsp3) is 0.324. The Kier molecular flexibility index (Phi) is 11.9. The second kappa shape index (κ2) is 16.4. The molecule has 5 aromatic rings. The number of carbonyl (C=O) groups is 1. The van der Waals surface area contributed by atoms with Crippen LogP contribution in [0.1, 0.15) is 39.3 Å². The Labute approximate surface area is 286 Å². The summed E-state index contributed by atoms with van der Waals surface area (Å²) in [5.41, 5.74) is 2.28. The van der Waals surface area contributed by atoms with Gasteiger partial charge in [0.05, 0.1) is 23.4 Å². The summed E-state index contributed by atoms with van der Waals surface area (Å²) in [6.07, 6.45) is 1.50. The lowest BCUT2D eigenvalue weighted by atomic mass is 10.2. The molecule has 5 rings (SSSR count). The molecular formula is C34H36FN7O4S2. The van der Waals surface area contributed by atoms with Crippen LogP contribution in [0.4, 0.5) is 26.3 Å². The highest BCUT2D eigenvalue weighted by molar-refractivity contribution is 7.22. The Hall–Kier alpha value is -4.68. The number of benzene rings is 2. The maximum Gasteiger partial charge on any atom is 0.355 e. The Bertz CT molecular complexity index is 1900. The van der Waals surface area contributed by atoms with Crippen LogP contribution in [0.15, 0.2) is 48.5 Å². The minimum Gasteiger partial charge on any atom is -0.491 e. The number of methoxy groups -OCH3 is 1. The maximum atomic E-state index is 14.6. The topological polar surface area (TPSA) is 126 Å². The smallest absolute Gasteiger partial charge is 0.355 e. The van der Waals surface area contributed by atoms with Gasteiger partial charge in [0.15, 0.2) is 39.2 Å². The van der Waals surface area contributed by atoms with Gasteiger partial charge in [0.1, 0.15) is 0 Å². The van der Waals surface area contributed by atoms with Crippen molar-refractivity contribution in [2.24, 2.45) is 0 Å². The SMILES string of the molecule is COCCCN(c1cc(C)c(Nc2nc3ccccc3s2)nn1)c1nc(C(=O)O)c(CCCOc2ccc(C#CCN(C)C)cc2F)s1. The minimum atomic E-state index is -1.13. The molecule has 250 valence electrons. The predicted molar refractivity (Wildman–Crippen MR) is 188 cm³/mol. The van der Waals surface area contributed by atoms with Gasteiger partial charge in [-0.05, 0) is 82.2 Å². The van der Waals surface area contributed by atoms with E-state index in [1.807, 2.05) is 61.2 Å². The lowest BCUT2D eigenvalue weighted by Crippen LogP contribution is -2.21. The van der Waals surface area contributed by atoms with Gasteiger partial charge in [0.2, 0.25) is 0 Å². The van der Waals surface area contributed by atoms with E-state index < -0.39 is 11.8 Å². The lowest BCUT2D eigenvalue weighted by Gasteiger charge is -2.21. The standard InChI is InChI=1S/C34H36FN7O4S2/c1-22-20-29(39-40-31(22)38-33-36-25-11-5-6-12-27(25)47-33)42(17-9-18-45-4)34-37-30(32(43)44)28(48-34)13-8-19-46-26-15-14-23(21-24(26)35)10-7-16-41(2)3/h5-6,11-12,14-15,20-21H,8-9,13,16-19H2,1-4H3,(H,43,44)(H,36,38,40). The Morgan fingerprint density at radius 1 is 1.06 bits per heavy atom. The van der Waals surface area contributed by atoms with Crippen LogP contribution in [0, 0.1) is 24.6 Å². The summed E-state index contributed by atoms with van der Waals surface area (Å²) in [7, 11) is 5.46. The normalized spacial score (nSPS) is 11.0. The molecule has 2 N–H and O–H groups in total. The first kappa shape index (κ1) is 34.6. The number of ether oxygens (including phenoxy) is 2. The maximum absolute atomic E-state index is 14.6. The van der Waals surface area contributed by atoms with E-state index in [0.29, 0.717) is 71.3 Å². The second-order valence-electron chi connectivity index (χ2n) is 11.1. The van der Waals surface area contributed by atoms with Gasteiger partial charge in [-0.3, -0.25) is 4.90 Å². The number of hydrogen-bond donors (Lipinski definition) is 2. The molecule has 3 heterocycles. The van der Waals surface area contributed by atoms with Crippen LogP contribution in [-0.2, 0) is 11.2 Å². The Morgan fingerprint density at radius 2 is 1.90 bits per heavy atom. The molecule has 0 bridgehead atoms. The van der Waals surface area contributed by atoms with Gasteiger partial charge in [-0.2, -0.15) is 0 Å². The third kappa shape index (κ3) is 9.02. The fourth-order valence-corrected chi connectivity index (χ4v) is 6.62. The number of anilines is 4. The lowest BCUT2D eigenvalue weighted by molar-refractivity contribution is 0.0690. The van der Waals surface area contributed by atoms with Gasteiger partial charge in [-0.25, -0.2) is 19.2 Å². The summed E-state index contributed by atoms with van der Waals surface area (Å²) >= 11 is 2.81. The summed E-state index contributed by atoms with van der Waals surface area (Å²) in [5, 5.41) is 23.4. The number of halogens is 1. The molecule has 0 saturated heterocycles. The summed E-state index contributed by atoms with van der Waals surface area (Å²) in [5.74, 6) is 5.52. The van der Waals surface area contributed by atoms with Crippen LogP contribution in [0.5, 0.6) is 5.75 Å². The molecular weight excluding hydrogens is 654 g/mol. The highest BCUT2D eigenvalue weighted by Gasteiger charge is 2.23. The first-order valence-electron chi connectivity index (χ1n) is 15.2.